The van der Waals surface area contributed by atoms with Crippen LogP contribution in [0.4, 0.5) is 0 Å². The highest BCUT2D eigenvalue weighted by Gasteiger charge is 2.59. The molecule has 25 heteroatoms. The second-order valence-electron chi connectivity index (χ2n) is 26.4. The van der Waals surface area contributed by atoms with Crippen LogP contribution in [0.1, 0.15) is 209 Å². The second-order valence-corrected chi connectivity index (χ2v) is 26.4. The minimum Gasteiger partial charge on any atom is -0.456 e. The van der Waals surface area contributed by atoms with E-state index in [1.165, 1.54) is 33.8 Å². The smallest absolute Gasteiger partial charge is 0.331 e. The summed E-state index contributed by atoms with van der Waals surface area (Å²) in [5, 5.41) is 81.7. The van der Waals surface area contributed by atoms with Gasteiger partial charge in [0.25, 0.3) is 0 Å². The highest BCUT2D eigenvalue weighted by atomic mass is 16.8. The number of benzene rings is 1. The summed E-state index contributed by atoms with van der Waals surface area (Å²) in [5.41, 5.74) is 0.663. The third-order valence-electron chi connectivity index (χ3n) is 18.6. The second kappa shape index (κ2) is 39.1. The van der Waals surface area contributed by atoms with E-state index in [1.54, 1.807) is 37.3 Å². The Bertz CT molecular complexity index is 2420. The largest absolute Gasteiger partial charge is 0.456 e. The van der Waals surface area contributed by atoms with Crippen molar-refractivity contribution in [2.45, 2.75) is 363 Å². The number of hydrogen-bond acceptors (Lipinski definition) is 25. The maximum atomic E-state index is 14.5. The van der Waals surface area contributed by atoms with Gasteiger partial charge in [0.15, 0.2) is 55.9 Å². The summed E-state index contributed by atoms with van der Waals surface area (Å²) in [7, 11) is 0. The van der Waals surface area contributed by atoms with Crippen molar-refractivity contribution in [3.63, 3.8) is 0 Å². The van der Waals surface area contributed by atoms with Crippen LogP contribution >= 0.6 is 0 Å². The number of carbonyl (C=O) groups excluding carboxylic acids is 4. The lowest BCUT2D eigenvalue weighted by Crippen LogP contribution is -2.68. The molecule has 6 aliphatic heterocycles. The number of hydrogen-bond donors (Lipinski definition) is 7. The van der Waals surface area contributed by atoms with Crippen molar-refractivity contribution >= 4 is 30.0 Å². The van der Waals surface area contributed by atoms with Crippen LogP contribution in [0, 0.1) is 0 Å². The Morgan fingerprint density at radius 3 is 1.71 bits per heavy atom. The van der Waals surface area contributed by atoms with Gasteiger partial charge in [-0.15, -0.1) is 0 Å². The third kappa shape index (κ3) is 22.3. The fourth-order valence-electron chi connectivity index (χ4n) is 13.1. The summed E-state index contributed by atoms with van der Waals surface area (Å²) in [6.07, 6.45) is -17.9. The molecule has 6 fully saturated rings. The molecule has 0 aromatic heterocycles. The van der Waals surface area contributed by atoms with Crippen LogP contribution in [0.15, 0.2) is 36.4 Å². The van der Waals surface area contributed by atoms with Crippen LogP contribution in [0.2, 0.25) is 0 Å². The average Bonchev–Trinajstić information content (AvgIpc) is 0.774. The molecule has 0 radical (unpaired) electrons. The van der Waals surface area contributed by atoms with Gasteiger partial charge in [-0.25, -0.2) is 4.79 Å². The highest BCUT2D eigenvalue weighted by Crippen LogP contribution is 2.40. The number of aliphatic hydroxyl groups excluding tert-OH is 7. The fraction of sp³-hybridized carbons (Fsp3) is 0.826. The molecule has 7 N–H and O–H groups in total. The molecule has 26 unspecified atom stereocenters. The summed E-state index contributed by atoms with van der Waals surface area (Å²) < 4.78 is 88.8. The molecule has 0 amide bonds. The van der Waals surface area contributed by atoms with Crippen molar-refractivity contribution in [3.05, 3.63) is 42.0 Å². The number of unbranched alkanes of at least 4 members (excludes halogenated alkanes) is 10. The quantitative estimate of drug-likeness (QED) is 0.0235. The zero-order chi connectivity index (χ0) is 68.0. The predicted molar refractivity (Wildman–Crippen MR) is 336 cm³/mol. The standard InChI is InChI=1S/C69H110O25/c1-9-11-13-14-15-16-19-22-30-36-48(72)90-64-63(94-65-54(78)52(76)50(74)39(3)81-65)59(92-66-56(80)60(58(42(6)83-66)86-44(8)70)88-49(73)38-37-45-31-26-24-27-32-45)43(7)85-69(64)91-57-41(5)84-68-62(55(57)79)89-47(71)35-29-23-20-17-18-21-28-34-46(33-25-12-10-2)87-67-61(93-68)53(77)51(75)40(4)82-67/h24,26-27,31-32,37-43,46,50-69,74-80H,9-23,25,28-30,33-36H2,1-8H3. The normalized spacial score (nSPS) is 39.0. The highest BCUT2D eigenvalue weighted by molar-refractivity contribution is 5.87. The van der Waals surface area contributed by atoms with Crippen molar-refractivity contribution in [1.29, 1.82) is 0 Å². The molecular weight excluding hydrogens is 1230 g/mol. The van der Waals surface area contributed by atoms with E-state index in [0.717, 1.165) is 116 Å². The van der Waals surface area contributed by atoms with Crippen LogP contribution in [0.25, 0.3) is 6.08 Å². The summed E-state index contributed by atoms with van der Waals surface area (Å²) in [5.74, 6) is -3.17. The molecule has 0 spiro atoms. The van der Waals surface area contributed by atoms with Crippen molar-refractivity contribution in [3.8, 4) is 0 Å². The third-order valence-corrected chi connectivity index (χ3v) is 18.6. The zero-order valence-electron chi connectivity index (χ0n) is 56.3. The summed E-state index contributed by atoms with van der Waals surface area (Å²) in [6.45, 7) is 13.0. The van der Waals surface area contributed by atoms with Gasteiger partial charge in [0.1, 0.15) is 67.1 Å². The van der Waals surface area contributed by atoms with Gasteiger partial charge in [-0.3, -0.25) is 14.4 Å². The first-order chi connectivity index (χ1) is 45.1. The molecule has 536 valence electrons. The van der Waals surface area contributed by atoms with E-state index in [0.29, 0.717) is 37.7 Å². The van der Waals surface area contributed by atoms with E-state index in [1.807, 2.05) is 0 Å². The number of esters is 4. The molecule has 0 bridgehead atoms. The molecule has 25 nitrogen and oxygen atoms in total. The Balaban J connectivity index is 1.23. The van der Waals surface area contributed by atoms with E-state index in [-0.39, 0.29) is 18.9 Å². The van der Waals surface area contributed by atoms with Gasteiger partial charge >= 0.3 is 23.9 Å². The van der Waals surface area contributed by atoms with E-state index in [2.05, 4.69) is 13.8 Å². The number of fused-ring (bicyclic) bond motifs is 2. The molecule has 6 aliphatic rings. The van der Waals surface area contributed by atoms with Crippen molar-refractivity contribution < 1.29 is 121 Å². The van der Waals surface area contributed by atoms with Crippen molar-refractivity contribution in [1.82, 2.24) is 0 Å². The minimum atomic E-state index is -1.94. The number of rotatable bonds is 25. The molecular formula is C69H110O25. The van der Waals surface area contributed by atoms with E-state index in [4.69, 9.17) is 66.3 Å². The van der Waals surface area contributed by atoms with Gasteiger partial charge in [-0.2, -0.15) is 0 Å². The lowest BCUT2D eigenvalue weighted by molar-refractivity contribution is -0.399. The minimum absolute atomic E-state index is 0.0370. The molecule has 6 heterocycles. The molecule has 0 saturated carbocycles. The fourth-order valence-corrected chi connectivity index (χ4v) is 13.1. The van der Waals surface area contributed by atoms with E-state index < -0.39 is 177 Å². The first-order valence-electron chi connectivity index (χ1n) is 34.9. The first-order valence-corrected chi connectivity index (χ1v) is 34.9. The zero-order valence-corrected chi connectivity index (χ0v) is 56.3. The van der Waals surface area contributed by atoms with Crippen LogP contribution in [-0.2, 0) is 85.5 Å². The summed E-state index contributed by atoms with van der Waals surface area (Å²) >= 11 is 0. The lowest BCUT2D eigenvalue weighted by atomic mass is 9.95. The van der Waals surface area contributed by atoms with Crippen LogP contribution < -0.4 is 0 Å². The predicted octanol–water partition coefficient (Wildman–Crippen LogP) is 6.57. The number of ether oxygens (including phenoxy) is 14. The number of aliphatic hydroxyl groups is 7. The maximum Gasteiger partial charge on any atom is 0.331 e. The lowest BCUT2D eigenvalue weighted by Gasteiger charge is -2.51. The molecule has 26 atom stereocenters. The van der Waals surface area contributed by atoms with E-state index >= 15 is 0 Å². The van der Waals surface area contributed by atoms with Gasteiger partial charge in [0.05, 0.1) is 36.6 Å². The maximum absolute atomic E-state index is 14.5. The van der Waals surface area contributed by atoms with Crippen LogP contribution in [0.3, 0.4) is 0 Å². The summed E-state index contributed by atoms with van der Waals surface area (Å²) in [4.78, 5) is 54.5. The molecule has 6 saturated heterocycles. The Morgan fingerprint density at radius 1 is 0.479 bits per heavy atom. The topological polar surface area (TPSA) is 339 Å². The van der Waals surface area contributed by atoms with E-state index in [9.17, 15) is 54.9 Å². The summed E-state index contributed by atoms with van der Waals surface area (Å²) in [6, 6.07) is 8.86. The van der Waals surface area contributed by atoms with Gasteiger partial charge in [-0.1, -0.05) is 153 Å². The SMILES string of the molecule is CCCCCCCCCCCC(=O)OC1C(OC2C(C)OC3OC4C(OC(CCCCC)CCCCCCCCCC(=O)OC3C2O)OC(C)C(O)C4O)OC(C)C(OC2OC(C)C(OC(C)=O)C(OC(=O)C=Cc3ccccc3)C2O)C1OC1OC(C)C(O)C(O)C1O. The Morgan fingerprint density at radius 2 is 1.02 bits per heavy atom. The van der Waals surface area contributed by atoms with Gasteiger partial charge < -0.3 is 102 Å². The van der Waals surface area contributed by atoms with Gasteiger partial charge in [-0.05, 0) is 71.9 Å². The van der Waals surface area contributed by atoms with Gasteiger partial charge in [0, 0.05) is 25.8 Å². The van der Waals surface area contributed by atoms with Crippen LogP contribution in [0.5, 0.6) is 0 Å². The molecule has 1 aromatic rings. The Hall–Kier alpha value is -3.84. The first kappa shape index (κ1) is 77.5. The Labute approximate surface area is 553 Å². The molecule has 7 rings (SSSR count). The Kier molecular flexibility index (Phi) is 32.2. The molecule has 0 aliphatic carbocycles. The number of carbonyl (C=O) groups is 4. The average molecular weight is 1340 g/mol. The van der Waals surface area contributed by atoms with Crippen LogP contribution in [-0.4, -0.2) is 219 Å². The van der Waals surface area contributed by atoms with Crippen molar-refractivity contribution in [2.75, 3.05) is 0 Å². The monoisotopic (exact) mass is 1340 g/mol. The molecule has 94 heavy (non-hydrogen) atoms. The van der Waals surface area contributed by atoms with Crippen molar-refractivity contribution in [2.24, 2.45) is 0 Å². The molecule has 1 aromatic carbocycles. The van der Waals surface area contributed by atoms with Gasteiger partial charge in [0.2, 0.25) is 0 Å².